The van der Waals surface area contributed by atoms with Gasteiger partial charge in [-0.15, -0.1) is 7.92 Å². The molecular weight excluding hydrogens is 417 g/mol. The highest BCUT2D eigenvalue weighted by Gasteiger charge is 2.05. The first-order valence-corrected chi connectivity index (χ1v) is 5.24. The molecule has 0 saturated carbocycles. The fraction of sp³-hybridized carbons (Fsp3) is 1.00. The average Bonchev–Trinajstić information content (AvgIpc) is 1.69. The predicted molar refractivity (Wildman–Crippen MR) is 203 cm³/mol. The van der Waals surface area contributed by atoms with E-state index in [1.807, 2.05) is 0 Å². The summed E-state index contributed by atoms with van der Waals surface area (Å²) in [5, 5.41) is 0. The van der Waals surface area contributed by atoms with Crippen molar-refractivity contribution in [1.82, 2.24) is 0 Å². The van der Waals surface area contributed by atoms with Crippen molar-refractivity contribution in [2.45, 2.75) is 19.3 Å². The minimum atomic E-state index is 0. The van der Waals surface area contributed by atoms with E-state index in [-0.39, 0.29) is 244 Å². The maximum absolute atomic E-state index is 2.43. The van der Waals surface area contributed by atoms with Crippen molar-refractivity contribution < 1.29 is 0 Å². The third-order valence-electron chi connectivity index (χ3n) is 1.58. The van der Waals surface area contributed by atoms with Crippen molar-refractivity contribution in [3.05, 3.63) is 0 Å². The zero-order chi connectivity index (χ0) is 5.11. The zero-order valence-electron chi connectivity index (χ0n) is 21.7. The molecule has 0 nitrogen and oxygen atoms in total. The van der Waals surface area contributed by atoms with Crippen LogP contribution in [0.15, 0.2) is 0 Å². The highest BCUT2D eigenvalue weighted by molar-refractivity contribution is 7.56. The molecule has 87 radical (unpaired) electrons. The fourth-order valence-electron chi connectivity index (χ4n) is 1.05. The van der Waals surface area contributed by atoms with Crippen molar-refractivity contribution >= 4 is 252 Å². The maximum Gasteiger partial charge on any atom is 0 e. The summed E-state index contributed by atoms with van der Waals surface area (Å²) in [7, 11) is 0.508. The van der Waals surface area contributed by atoms with E-state index in [0.29, 0.717) is 7.92 Å². The molecular formula is C6H13B29P. The van der Waals surface area contributed by atoms with Crippen LogP contribution in [0.3, 0.4) is 0 Å². The SMILES string of the molecule is CP1CCCCC1.[B].[B].[B].[B].[B].[B].[B].[B].[B].[B].[B].[B].[B].[B].[B].[B].[B].[B].[B].[B].[B].[B].[B].[B].[B].[B].[B].[B].[B]. The van der Waals surface area contributed by atoms with Gasteiger partial charge in [-0.1, -0.05) is 6.42 Å². The van der Waals surface area contributed by atoms with E-state index in [1.54, 1.807) is 12.3 Å². The van der Waals surface area contributed by atoms with Gasteiger partial charge in [0.15, 0.2) is 0 Å². The minimum absolute atomic E-state index is 0. The molecule has 1 aliphatic rings. The summed E-state index contributed by atoms with van der Waals surface area (Å²) in [6, 6.07) is 0. The first-order chi connectivity index (χ1) is 3.39. The van der Waals surface area contributed by atoms with Gasteiger partial charge < -0.3 is 0 Å². The normalized spacial score (nSPS) is 4.92. The second-order valence-electron chi connectivity index (χ2n) is 2.36. The van der Waals surface area contributed by atoms with Crippen molar-refractivity contribution in [1.29, 1.82) is 0 Å². The molecule has 0 aromatic heterocycles. The lowest BCUT2D eigenvalue weighted by atomic mass is 10.3. The Hall–Kier alpha value is 2.31. The van der Waals surface area contributed by atoms with E-state index in [0.717, 1.165) is 0 Å². The van der Waals surface area contributed by atoms with E-state index in [2.05, 4.69) is 6.66 Å². The van der Waals surface area contributed by atoms with Crippen LogP contribution in [0.4, 0.5) is 0 Å². The van der Waals surface area contributed by atoms with Gasteiger partial charge in [-0.3, -0.25) is 0 Å². The van der Waals surface area contributed by atoms with Crippen molar-refractivity contribution in [2.75, 3.05) is 19.0 Å². The molecule has 36 heavy (non-hydrogen) atoms. The number of rotatable bonds is 0. The lowest BCUT2D eigenvalue weighted by Gasteiger charge is -2.16. The molecule has 0 aromatic rings. The number of hydrogen-bond acceptors (Lipinski definition) is 0. The molecule has 0 aliphatic carbocycles. The highest BCUT2D eigenvalue weighted by Crippen LogP contribution is 2.36. The fourth-order valence-corrected chi connectivity index (χ4v) is 2.80. The molecule has 30 heteroatoms. The molecule has 0 atom stereocenters. The quantitative estimate of drug-likeness (QED) is 0.265. The third-order valence-corrected chi connectivity index (χ3v) is 3.74. The van der Waals surface area contributed by atoms with Crippen molar-refractivity contribution in [2.24, 2.45) is 0 Å². The van der Waals surface area contributed by atoms with Gasteiger partial charge in [-0.05, 0) is 31.8 Å². The Labute approximate surface area is 288 Å². The van der Waals surface area contributed by atoms with Gasteiger partial charge in [0.2, 0.25) is 0 Å². The third kappa shape index (κ3) is 426. The Morgan fingerprint density at radius 3 is 0.389 bits per heavy atom. The molecule has 1 aliphatic heterocycles. The lowest BCUT2D eigenvalue weighted by Crippen LogP contribution is -1.96. The molecule has 0 N–H and O–H groups in total. The molecule has 0 bridgehead atoms. The van der Waals surface area contributed by atoms with Gasteiger partial charge in [-0.25, -0.2) is 0 Å². The Bertz CT molecular complexity index is 71.7. The van der Waals surface area contributed by atoms with E-state index in [4.69, 9.17) is 0 Å². The average molecular weight is 430 g/mol. The molecule has 0 spiro atoms. The van der Waals surface area contributed by atoms with Gasteiger partial charge in [-0.2, -0.15) is 0 Å². The molecule has 129 valence electrons. The Kier molecular flexibility index (Phi) is 7900. The van der Waals surface area contributed by atoms with Crippen LogP contribution in [0.2, 0.25) is 0 Å². The van der Waals surface area contributed by atoms with Crippen LogP contribution in [0.5, 0.6) is 0 Å². The first-order valence-electron chi connectivity index (χ1n) is 3.08. The van der Waals surface area contributed by atoms with Crippen LogP contribution in [0, 0.1) is 0 Å². The van der Waals surface area contributed by atoms with E-state index in [9.17, 15) is 0 Å². The molecule has 1 heterocycles. The maximum atomic E-state index is 2.43. The lowest BCUT2D eigenvalue weighted by molar-refractivity contribution is 0.754. The van der Waals surface area contributed by atoms with Crippen LogP contribution >= 0.6 is 7.92 Å². The van der Waals surface area contributed by atoms with Crippen LogP contribution in [0.1, 0.15) is 19.3 Å². The van der Waals surface area contributed by atoms with Crippen LogP contribution in [-0.2, 0) is 0 Å². The van der Waals surface area contributed by atoms with E-state index in [1.165, 1.54) is 19.3 Å². The second-order valence-corrected chi connectivity index (χ2v) is 4.97. The van der Waals surface area contributed by atoms with Crippen LogP contribution in [-0.4, -0.2) is 263 Å². The summed E-state index contributed by atoms with van der Waals surface area (Å²) in [4.78, 5) is 0. The Balaban J connectivity index is -0.000000000626. The molecule has 0 unspecified atom stereocenters. The standard InChI is InChI=1S/C6H13P.29B/c1-7-5-3-2-4-6-7;;;;;;;;;;;;;;;;;;;;;;;;;;;;;/h2-6H2,1H3;;;;;;;;;;;;;;;;;;;;;;;;;;;;;. The summed E-state index contributed by atoms with van der Waals surface area (Å²) >= 11 is 0. The van der Waals surface area contributed by atoms with Crippen molar-refractivity contribution in [3.8, 4) is 0 Å². The van der Waals surface area contributed by atoms with Crippen LogP contribution < -0.4 is 0 Å². The molecule has 1 saturated heterocycles. The van der Waals surface area contributed by atoms with Crippen molar-refractivity contribution in [3.63, 3.8) is 0 Å². The number of hydrogen-bond donors (Lipinski definition) is 0. The molecule has 0 amide bonds. The summed E-state index contributed by atoms with van der Waals surface area (Å²) < 4.78 is 0. The monoisotopic (exact) mass is 435 g/mol. The molecule has 0 aromatic carbocycles. The molecule has 1 fully saturated rings. The highest BCUT2D eigenvalue weighted by atomic mass is 31.1. The van der Waals surface area contributed by atoms with E-state index < -0.39 is 0 Å². The summed E-state index contributed by atoms with van der Waals surface area (Å²) in [5.41, 5.74) is 0. The smallest absolute Gasteiger partial charge is 0 e. The topological polar surface area (TPSA) is 0 Å². The summed E-state index contributed by atoms with van der Waals surface area (Å²) in [6.07, 6.45) is 7.64. The summed E-state index contributed by atoms with van der Waals surface area (Å²) in [5.74, 6) is 0. The first kappa shape index (κ1) is 615. The zero-order valence-corrected chi connectivity index (χ0v) is 22.6. The van der Waals surface area contributed by atoms with Gasteiger partial charge in [0.25, 0.3) is 0 Å². The minimum Gasteiger partial charge on any atom is -0.110 e. The summed E-state index contributed by atoms with van der Waals surface area (Å²) in [6.45, 7) is 2.43. The van der Waals surface area contributed by atoms with Gasteiger partial charge >= 0.3 is 0 Å². The largest absolute Gasteiger partial charge is 0.110 e. The van der Waals surface area contributed by atoms with Gasteiger partial charge in [0.1, 0.15) is 0 Å². The molecule has 1 rings (SSSR count). The Morgan fingerprint density at radius 1 is 0.222 bits per heavy atom. The van der Waals surface area contributed by atoms with E-state index >= 15 is 0 Å². The van der Waals surface area contributed by atoms with Gasteiger partial charge in [0, 0.05) is 244 Å². The predicted octanol–water partition coefficient (Wildman–Crippen LogP) is -8.76. The van der Waals surface area contributed by atoms with Gasteiger partial charge in [0.05, 0.1) is 0 Å². The van der Waals surface area contributed by atoms with Crippen LogP contribution in [0.25, 0.3) is 0 Å². The second kappa shape index (κ2) is 463. The Morgan fingerprint density at radius 2 is 0.333 bits per heavy atom.